The van der Waals surface area contributed by atoms with Crippen molar-refractivity contribution < 1.29 is 9.59 Å². The van der Waals surface area contributed by atoms with Crippen molar-refractivity contribution in [2.24, 2.45) is 0 Å². The number of nitrogens with two attached hydrogens (primary N) is 1. The summed E-state index contributed by atoms with van der Waals surface area (Å²) >= 11 is 6.16. The summed E-state index contributed by atoms with van der Waals surface area (Å²) in [6.45, 7) is 1.78. The topological polar surface area (TPSA) is 63.4 Å². The SMILES string of the molecule is CC(c1ccccc1Cl)N1C(=O)c2ccc(N)cc2C1=O. The Hall–Kier alpha value is -2.33. The Morgan fingerprint density at radius 1 is 1.05 bits per heavy atom. The van der Waals surface area contributed by atoms with Crippen molar-refractivity contribution >= 4 is 29.1 Å². The maximum Gasteiger partial charge on any atom is 0.262 e. The van der Waals surface area contributed by atoms with E-state index in [1.807, 2.05) is 18.2 Å². The molecule has 0 saturated heterocycles. The highest BCUT2D eigenvalue weighted by Crippen LogP contribution is 2.34. The fourth-order valence-corrected chi connectivity index (χ4v) is 2.88. The summed E-state index contributed by atoms with van der Waals surface area (Å²) in [6, 6.07) is 11.5. The summed E-state index contributed by atoms with van der Waals surface area (Å²) in [5, 5.41) is 0.529. The maximum atomic E-state index is 12.5. The lowest BCUT2D eigenvalue weighted by Gasteiger charge is -2.23. The highest BCUT2D eigenvalue weighted by atomic mass is 35.5. The third-order valence-corrected chi connectivity index (χ3v) is 4.03. The minimum atomic E-state index is -0.438. The van der Waals surface area contributed by atoms with Gasteiger partial charge in [-0.3, -0.25) is 14.5 Å². The number of amides is 2. The highest BCUT2D eigenvalue weighted by molar-refractivity contribution is 6.31. The normalized spacial score (nSPS) is 15.2. The van der Waals surface area contributed by atoms with Crippen LogP contribution >= 0.6 is 11.6 Å². The van der Waals surface area contributed by atoms with Crippen LogP contribution in [0.5, 0.6) is 0 Å². The Labute approximate surface area is 127 Å². The fourth-order valence-electron chi connectivity index (χ4n) is 2.58. The van der Waals surface area contributed by atoms with Crippen molar-refractivity contribution in [2.45, 2.75) is 13.0 Å². The molecule has 4 nitrogen and oxygen atoms in total. The van der Waals surface area contributed by atoms with Gasteiger partial charge in [-0.1, -0.05) is 29.8 Å². The van der Waals surface area contributed by atoms with Crippen LogP contribution in [0, 0.1) is 0 Å². The quantitative estimate of drug-likeness (QED) is 0.684. The van der Waals surface area contributed by atoms with Gasteiger partial charge in [0.2, 0.25) is 0 Å². The lowest BCUT2D eigenvalue weighted by atomic mass is 10.1. The van der Waals surface area contributed by atoms with E-state index in [0.717, 1.165) is 5.56 Å². The van der Waals surface area contributed by atoms with E-state index in [-0.39, 0.29) is 11.8 Å². The summed E-state index contributed by atoms with van der Waals surface area (Å²) in [7, 11) is 0. The molecule has 1 heterocycles. The second kappa shape index (κ2) is 4.90. The van der Waals surface area contributed by atoms with E-state index in [2.05, 4.69) is 0 Å². The molecule has 5 heteroatoms. The van der Waals surface area contributed by atoms with Crippen molar-refractivity contribution in [1.82, 2.24) is 4.90 Å². The molecule has 2 aromatic rings. The van der Waals surface area contributed by atoms with Gasteiger partial charge < -0.3 is 5.73 Å². The first-order chi connectivity index (χ1) is 10.0. The summed E-state index contributed by atoms with van der Waals surface area (Å²) < 4.78 is 0. The smallest absolute Gasteiger partial charge is 0.262 e. The predicted octanol–water partition coefficient (Wildman–Crippen LogP) is 3.28. The molecule has 1 aliphatic heterocycles. The number of halogens is 1. The molecule has 2 N–H and O–H groups in total. The average Bonchev–Trinajstić information content (AvgIpc) is 2.70. The number of hydrogen-bond acceptors (Lipinski definition) is 3. The molecule has 0 aliphatic carbocycles. The van der Waals surface area contributed by atoms with Crippen molar-refractivity contribution in [3.63, 3.8) is 0 Å². The first-order valence-corrected chi connectivity index (χ1v) is 6.90. The molecule has 3 rings (SSSR count). The number of fused-ring (bicyclic) bond motifs is 1. The van der Waals surface area contributed by atoms with Gasteiger partial charge in [-0.05, 0) is 36.8 Å². The molecule has 106 valence electrons. The van der Waals surface area contributed by atoms with Crippen LogP contribution < -0.4 is 5.73 Å². The molecule has 0 aromatic heterocycles. The number of nitrogens with zero attached hydrogens (tertiary/aromatic N) is 1. The van der Waals surface area contributed by atoms with Crippen molar-refractivity contribution in [3.05, 3.63) is 64.2 Å². The molecule has 1 atom stereocenters. The van der Waals surface area contributed by atoms with Gasteiger partial charge in [0, 0.05) is 10.7 Å². The Balaban J connectivity index is 2.04. The first-order valence-electron chi connectivity index (χ1n) is 6.52. The third kappa shape index (κ3) is 2.08. The maximum absolute atomic E-state index is 12.5. The monoisotopic (exact) mass is 300 g/mol. The van der Waals surface area contributed by atoms with Gasteiger partial charge in [-0.2, -0.15) is 0 Å². The van der Waals surface area contributed by atoms with Gasteiger partial charge in [0.1, 0.15) is 0 Å². The number of hydrogen-bond donors (Lipinski definition) is 1. The molecule has 2 amide bonds. The molecule has 0 spiro atoms. The molecular formula is C16H13ClN2O2. The molecule has 21 heavy (non-hydrogen) atoms. The van der Waals surface area contributed by atoms with E-state index in [9.17, 15) is 9.59 Å². The van der Waals surface area contributed by atoms with Gasteiger partial charge in [0.25, 0.3) is 11.8 Å². The van der Waals surface area contributed by atoms with Crippen LogP contribution in [0.25, 0.3) is 0 Å². The molecule has 0 fully saturated rings. The molecule has 2 aromatic carbocycles. The summed E-state index contributed by atoms with van der Waals surface area (Å²) in [4.78, 5) is 26.2. The van der Waals surface area contributed by atoms with E-state index in [1.54, 1.807) is 25.1 Å². The van der Waals surface area contributed by atoms with E-state index >= 15 is 0 Å². The van der Waals surface area contributed by atoms with Crippen molar-refractivity contribution in [2.75, 3.05) is 5.73 Å². The van der Waals surface area contributed by atoms with Gasteiger partial charge in [-0.15, -0.1) is 0 Å². The Bertz CT molecular complexity index is 758. The molecule has 1 unspecified atom stereocenters. The van der Waals surface area contributed by atoms with E-state index in [1.165, 1.54) is 11.0 Å². The van der Waals surface area contributed by atoms with Gasteiger partial charge in [0.15, 0.2) is 0 Å². The largest absolute Gasteiger partial charge is 0.399 e. The van der Waals surface area contributed by atoms with Gasteiger partial charge in [-0.25, -0.2) is 0 Å². The van der Waals surface area contributed by atoms with Crippen LogP contribution in [0.1, 0.15) is 39.2 Å². The molecule has 0 bridgehead atoms. The lowest BCUT2D eigenvalue weighted by Crippen LogP contribution is -2.32. The minimum absolute atomic E-state index is 0.317. The first kappa shape index (κ1) is 13.6. The Morgan fingerprint density at radius 3 is 2.43 bits per heavy atom. The summed E-state index contributed by atoms with van der Waals surface area (Å²) in [5.74, 6) is -0.655. The van der Waals surface area contributed by atoms with Crippen LogP contribution in [-0.4, -0.2) is 16.7 Å². The molecule has 0 saturated carbocycles. The predicted molar refractivity (Wildman–Crippen MR) is 81.2 cm³/mol. The number of carbonyl (C=O) groups is 2. The Kier molecular flexibility index (Phi) is 3.18. The average molecular weight is 301 g/mol. The number of imide groups is 1. The standard InChI is InChI=1S/C16H13ClN2O2/c1-9(11-4-2-3-5-14(11)17)19-15(20)12-7-6-10(18)8-13(12)16(19)21/h2-9H,18H2,1H3. The number of carbonyl (C=O) groups excluding carboxylic acids is 2. The van der Waals surface area contributed by atoms with Gasteiger partial charge in [0.05, 0.1) is 17.2 Å². The van der Waals surface area contributed by atoms with Crippen LogP contribution in [0.15, 0.2) is 42.5 Å². The summed E-state index contributed by atoms with van der Waals surface area (Å²) in [5.41, 5.74) is 7.62. The van der Waals surface area contributed by atoms with Crippen molar-refractivity contribution in [3.8, 4) is 0 Å². The lowest BCUT2D eigenvalue weighted by molar-refractivity contribution is 0.0595. The second-order valence-corrected chi connectivity index (χ2v) is 5.39. The van der Waals surface area contributed by atoms with Crippen molar-refractivity contribution in [1.29, 1.82) is 0 Å². The zero-order chi connectivity index (χ0) is 15.1. The van der Waals surface area contributed by atoms with E-state index in [0.29, 0.717) is 21.8 Å². The zero-order valence-corrected chi connectivity index (χ0v) is 12.1. The third-order valence-electron chi connectivity index (χ3n) is 3.68. The number of anilines is 1. The second-order valence-electron chi connectivity index (χ2n) is 4.98. The number of benzene rings is 2. The number of rotatable bonds is 2. The van der Waals surface area contributed by atoms with Crippen LogP contribution in [0.3, 0.4) is 0 Å². The van der Waals surface area contributed by atoms with E-state index < -0.39 is 6.04 Å². The molecule has 1 aliphatic rings. The Morgan fingerprint density at radius 2 is 1.71 bits per heavy atom. The zero-order valence-electron chi connectivity index (χ0n) is 11.3. The number of nitrogen functional groups attached to an aromatic ring is 1. The fraction of sp³-hybridized carbons (Fsp3) is 0.125. The van der Waals surface area contributed by atoms with Crippen LogP contribution in [0.4, 0.5) is 5.69 Å². The minimum Gasteiger partial charge on any atom is -0.399 e. The summed E-state index contributed by atoms with van der Waals surface area (Å²) in [6.07, 6.45) is 0. The highest BCUT2D eigenvalue weighted by Gasteiger charge is 2.39. The van der Waals surface area contributed by atoms with Crippen LogP contribution in [0.2, 0.25) is 5.02 Å². The van der Waals surface area contributed by atoms with Gasteiger partial charge >= 0.3 is 0 Å². The van der Waals surface area contributed by atoms with Crippen LogP contribution in [-0.2, 0) is 0 Å². The van der Waals surface area contributed by atoms with E-state index in [4.69, 9.17) is 17.3 Å². The molecular weight excluding hydrogens is 288 g/mol. The molecule has 0 radical (unpaired) electrons.